The highest BCUT2D eigenvalue weighted by Gasteiger charge is 2.14. The number of ether oxygens (including phenoxy) is 1. The Labute approximate surface area is 114 Å². The first-order valence-corrected chi connectivity index (χ1v) is 6.59. The fraction of sp³-hybridized carbons (Fsp3) is 0.294. The lowest BCUT2D eigenvalue weighted by Gasteiger charge is -2.16. The number of aliphatic hydroxyl groups excluding tert-OH is 1. The molecule has 1 unspecified atom stereocenters. The zero-order valence-electron chi connectivity index (χ0n) is 11.7. The summed E-state index contributed by atoms with van der Waals surface area (Å²) in [6.45, 7) is 4.04. The first kappa shape index (κ1) is 13.6. The summed E-state index contributed by atoms with van der Waals surface area (Å²) < 4.78 is 5.44. The predicted octanol–water partition coefficient (Wildman–Crippen LogP) is 4.11. The van der Waals surface area contributed by atoms with Crippen molar-refractivity contribution in [2.24, 2.45) is 0 Å². The minimum Gasteiger partial charge on any atom is -0.496 e. The topological polar surface area (TPSA) is 29.5 Å². The molecule has 0 spiro atoms. The summed E-state index contributed by atoms with van der Waals surface area (Å²) in [4.78, 5) is 0. The first-order chi connectivity index (χ1) is 9.17. The summed E-state index contributed by atoms with van der Waals surface area (Å²) in [5.74, 6) is 0.835. The van der Waals surface area contributed by atoms with Crippen molar-refractivity contribution in [1.29, 1.82) is 0 Å². The van der Waals surface area contributed by atoms with E-state index in [0.29, 0.717) is 6.42 Å². The van der Waals surface area contributed by atoms with Crippen molar-refractivity contribution in [2.45, 2.75) is 26.4 Å². The van der Waals surface area contributed by atoms with Crippen molar-refractivity contribution >= 4 is 0 Å². The van der Waals surface area contributed by atoms with E-state index in [2.05, 4.69) is 13.0 Å². The highest BCUT2D eigenvalue weighted by Crippen LogP contribution is 2.36. The Morgan fingerprint density at radius 2 is 1.84 bits per heavy atom. The Morgan fingerprint density at radius 3 is 2.53 bits per heavy atom. The quantitative estimate of drug-likeness (QED) is 0.891. The molecule has 0 amide bonds. The molecule has 0 saturated heterocycles. The van der Waals surface area contributed by atoms with Crippen LogP contribution in [0.3, 0.4) is 0 Å². The molecule has 0 heterocycles. The van der Waals surface area contributed by atoms with E-state index >= 15 is 0 Å². The van der Waals surface area contributed by atoms with Gasteiger partial charge in [-0.05, 0) is 36.6 Å². The summed E-state index contributed by atoms with van der Waals surface area (Å²) in [6.07, 6.45) is 0.256. The molecular weight excluding hydrogens is 236 g/mol. The van der Waals surface area contributed by atoms with Gasteiger partial charge in [0.25, 0.3) is 0 Å². The molecule has 0 aliphatic heterocycles. The number of benzene rings is 2. The maximum Gasteiger partial charge on any atom is 0.126 e. The molecule has 2 aromatic carbocycles. The van der Waals surface area contributed by atoms with Crippen LogP contribution in [0.25, 0.3) is 11.1 Å². The first-order valence-electron chi connectivity index (χ1n) is 6.59. The third-order valence-electron chi connectivity index (χ3n) is 3.35. The molecule has 19 heavy (non-hydrogen) atoms. The molecule has 0 aliphatic carbocycles. The molecule has 2 heteroatoms. The molecule has 0 aromatic heterocycles. The summed E-state index contributed by atoms with van der Waals surface area (Å²) in [5.41, 5.74) is 4.20. The highest BCUT2D eigenvalue weighted by atomic mass is 16.5. The number of aliphatic hydroxyl groups is 1. The van der Waals surface area contributed by atoms with Gasteiger partial charge in [0.2, 0.25) is 0 Å². The average molecular weight is 256 g/mol. The van der Waals surface area contributed by atoms with E-state index in [0.717, 1.165) is 22.4 Å². The SMILES string of the molecule is CCC(O)c1ccccc1-c1cc(C)ccc1OC. The van der Waals surface area contributed by atoms with Gasteiger partial charge < -0.3 is 9.84 Å². The van der Waals surface area contributed by atoms with E-state index in [9.17, 15) is 5.11 Å². The van der Waals surface area contributed by atoms with Crippen LogP contribution in [0.5, 0.6) is 5.75 Å². The molecule has 0 radical (unpaired) electrons. The fourth-order valence-corrected chi connectivity index (χ4v) is 2.29. The maximum atomic E-state index is 10.2. The lowest BCUT2D eigenvalue weighted by atomic mass is 9.93. The molecule has 0 fully saturated rings. The Hall–Kier alpha value is -1.80. The van der Waals surface area contributed by atoms with Crippen LogP contribution >= 0.6 is 0 Å². The monoisotopic (exact) mass is 256 g/mol. The molecule has 1 atom stereocenters. The van der Waals surface area contributed by atoms with Crippen LogP contribution in [0.4, 0.5) is 0 Å². The molecule has 1 N–H and O–H groups in total. The lowest BCUT2D eigenvalue weighted by molar-refractivity contribution is 0.174. The molecule has 0 bridgehead atoms. The van der Waals surface area contributed by atoms with Crippen LogP contribution in [0, 0.1) is 6.92 Å². The largest absolute Gasteiger partial charge is 0.496 e. The van der Waals surface area contributed by atoms with E-state index in [-0.39, 0.29) is 0 Å². The molecule has 0 aliphatic rings. The number of hydrogen-bond acceptors (Lipinski definition) is 2. The van der Waals surface area contributed by atoms with Crippen molar-refractivity contribution in [3.63, 3.8) is 0 Å². The standard InChI is InChI=1S/C17H20O2/c1-4-16(18)14-8-6-5-7-13(14)15-11-12(2)9-10-17(15)19-3/h5-11,16,18H,4H2,1-3H3. The van der Waals surface area contributed by atoms with Crippen LogP contribution in [-0.2, 0) is 0 Å². The smallest absolute Gasteiger partial charge is 0.126 e. The van der Waals surface area contributed by atoms with E-state index < -0.39 is 6.10 Å². The second-order valence-electron chi connectivity index (χ2n) is 4.72. The van der Waals surface area contributed by atoms with E-state index in [1.165, 1.54) is 5.56 Å². The average Bonchev–Trinajstić information content (AvgIpc) is 2.46. The van der Waals surface area contributed by atoms with Gasteiger partial charge in [0, 0.05) is 5.56 Å². The Morgan fingerprint density at radius 1 is 1.11 bits per heavy atom. The summed E-state index contributed by atoms with van der Waals surface area (Å²) in [6, 6.07) is 14.1. The Bertz CT molecular complexity index is 561. The van der Waals surface area contributed by atoms with Crippen molar-refractivity contribution in [2.75, 3.05) is 7.11 Å². The second-order valence-corrected chi connectivity index (χ2v) is 4.72. The molecule has 2 nitrogen and oxygen atoms in total. The Balaban J connectivity index is 2.61. The minimum absolute atomic E-state index is 0.443. The van der Waals surface area contributed by atoms with Crippen molar-refractivity contribution in [3.05, 3.63) is 53.6 Å². The minimum atomic E-state index is -0.443. The number of aryl methyl sites for hydroxylation is 1. The van der Waals surface area contributed by atoms with Crippen LogP contribution in [0.1, 0.15) is 30.6 Å². The molecule has 2 aromatic rings. The third-order valence-corrected chi connectivity index (χ3v) is 3.35. The summed E-state index contributed by atoms with van der Waals surface area (Å²) >= 11 is 0. The molecule has 2 rings (SSSR count). The summed E-state index contributed by atoms with van der Waals surface area (Å²) in [7, 11) is 1.67. The van der Waals surface area contributed by atoms with Gasteiger partial charge in [-0.15, -0.1) is 0 Å². The van der Waals surface area contributed by atoms with Gasteiger partial charge in [0.05, 0.1) is 13.2 Å². The van der Waals surface area contributed by atoms with Crippen molar-refractivity contribution < 1.29 is 9.84 Å². The Kier molecular flexibility index (Phi) is 4.23. The number of methoxy groups -OCH3 is 1. The van der Waals surface area contributed by atoms with Gasteiger partial charge in [0.1, 0.15) is 5.75 Å². The zero-order valence-corrected chi connectivity index (χ0v) is 11.7. The maximum absolute atomic E-state index is 10.2. The third kappa shape index (κ3) is 2.79. The van der Waals surface area contributed by atoms with Crippen LogP contribution in [0.2, 0.25) is 0 Å². The van der Waals surface area contributed by atoms with Crippen LogP contribution in [-0.4, -0.2) is 12.2 Å². The van der Waals surface area contributed by atoms with Crippen molar-refractivity contribution in [1.82, 2.24) is 0 Å². The molecular formula is C17H20O2. The van der Waals surface area contributed by atoms with Gasteiger partial charge in [-0.25, -0.2) is 0 Å². The van der Waals surface area contributed by atoms with Gasteiger partial charge in [-0.3, -0.25) is 0 Å². The number of hydrogen-bond donors (Lipinski definition) is 1. The highest BCUT2D eigenvalue weighted by molar-refractivity contribution is 5.74. The summed E-state index contributed by atoms with van der Waals surface area (Å²) in [5, 5.41) is 10.2. The second kappa shape index (κ2) is 5.89. The number of rotatable bonds is 4. The zero-order chi connectivity index (χ0) is 13.8. The van der Waals surface area contributed by atoms with E-state index in [4.69, 9.17) is 4.74 Å². The van der Waals surface area contributed by atoms with E-state index in [1.54, 1.807) is 7.11 Å². The van der Waals surface area contributed by atoms with Gasteiger partial charge in [-0.2, -0.15) is 0 Å². The van der Waals surface area contributed by atoms with Gasteiger partial charge >= 0.3 is 0 Å². The molecule has 100 valence electrons. The van der Waals surface area contributed by atoms with Crippen LogP contribution < -0.4 is 4.74 Å². The van der Waals surface area contributed by atoms with Crippen molar-refractivity contribution in [3.8, 4) is 16.9 Å². The van der Waals surface area contributed by atoms with Crippen LogP contribution in [0.15, 0.2) is 42.5 Å². The van der Waals surface area contributed by atoms with E-state index in [1.807, 2.05) is 43.3 Å². The van der Waals surface area contributed by atoms with Gasteiger partial charge in [0.15, 0.2) is 0 Å². The lowest BCUT2D eigenvalue weighted by Crippen LogP contribution is -1.99. The van der Waals surface area contributed by atoms with Gasteiger partial charge in [-0.1, -0.05) is 42.8 Å². The predicted molar refractivity (Wildman–Crippen MR) is 78.4 cm³/mol. The normalized spacial score (nSPS) is 12.2. The molecule has 0 saturated carbocycles. The fourth-order valence-electron chi connectivity index (χ4n) is 2.29.